The van der Waals surface area contributed by atoms with Crippen molar-refractivity contribution in [1.29, 1.82) is 0 Å². The van der Waals surface area contributed by atoms with Gasteiger partial charge in [-0.25, -0.2) is 9.67 Å². The van der Waals surface area contributed by atoms with Gasteiger partial charge in [-0.2, -0.15) is 5.10 Å². The first kappa shape index (κ1) is 19.3. The SMILES string of the molecule is CSC(=S)N(C)N/C=C/C=C/c1nc(=S)n(C)nc1-c1ccccc1. The zero-order chi connectivity index (χ0) is 18.2. The van der Waals surface area contributed by atoms with E-state index in [1.807, 2.05) is 61.9 Å². The fraction of sp³-hybridized carbons (Fsp3) is 0.176. The van der Waals surface area contributed by atoms with Gasteiger partial charge in [-0.05, 0) is 30.6 Å². The van der Waals surface area contributed by atoms with Crippen LogP contribution in [0.4, 0.5) is 0 Å². The Morgan fingerprint density at radius 3 is 2.68 bits per heavy atom. The summed E-state index contributed by atoms with van der Waals surface area (Å²) in [4.78, 5) is 4.46. The van der Waals surface area contributed by atoms with Crippen LogP contribution in [-0.2, 0) is 7.05 Å². The molecule has 0 aliphatic heterocycles. The molecule has 0 aliphatic rings. The minimum atomic E-state index is 0.437. The van der Waals surface area contributed by atoms with Crippen LogP contribution in [-0.4, -0.2) is 37.4 Å². The Morgan fingerprint density at radius 1 is 1.28 bits per heavy atom. The maximum atomic E-state index is 5.23. The lowest BCUT2D eigenvalue weighted by atomic mass is 10.1. The first-order chi connectivity index (χ1) is 12.0. The molecule has 2 aromatic rings. The van der Waals surface area contributed by atoms with E-state index >= 15 is 0 Å². The van der Waals surface area contributed by atoms with E-state index < -0.39 is 0 Å². The molecule has 1 N–H and O–H groups in total. The second-order valence-electron chi connectivity index (χ2n) is 4.99. The zero-order valence-corrected chi connectivity index (χ0v) is 16.7. The minimum Gasteiger partial charge on any atom is -0.305 e. The van der Waals surface area contributed by atoms with Crippen LogP contribution in [0.15, 0.2) is 48.7 Å². The summed E-state index contributed by atoms with van der Waals surface area (Å²) in [5.74, 6) is 0. The van der Waals surface area contributed by atoms with Gasteiger partial charge < -0.3 is 5.43 Å². The topological polar surface area (TPSA) is 46.0 Å². The van der Waals surface area contributed by atoms with E-state index in [4.69, 9.17) is 24.4 Å². The second kappa shape index (κ2) is 9.45. The molecule has 0 atom stereocenters. The molecule has 1 heterocycles. The second-order valence-corrected chi connectivity index (χ2v) is 6.80. The van der Waals surface area contributed by atoms with Crippen LogP contribution in [0.3, 0.4) is 0 Å². The molecule has 0 saturated heterocycles. The summed E-state index contributed by atoms with van der Waals surface area (Å²) < 4.78 is 2.80. The summed E-state index contributed by atoms with van der Waals surface area (Å²) in [6, 6.07) is 9.92. The quantitative estimate of drug-likeness (QED) is 0.474. The highest BCUT2D eigenvalue weighted by Gasteiger charge is 2.07. The summed E-state index contributed by atoms with van der Waals surface area (Å²) in [5.41, 5.74) is 5.57. The number of aromatic nitrogens is 3. The molecule has 1 aromatic carbocycles. The average molecular weight is 390 g/mol. The summed E-state index contributed by atoms with van der Waals surface area (Å²) in [6.07, 6.45) is 9.37. The van der Waals surface area contributed by atoms with Gasteiger partial charge in [-0.15, -0.1) is 0 Å². The maximum Gasteiger partial charge on any atom is 0.216 e. The summed E-state index contributed by atoms with van der Waals surface area (Å²) in [5, 5.41) is 6.30. The molecule has 8 heteroatoms. The number of hydrogen-bond donors (Lipinski definition) is 1. The van der Waals surface area contributed by atoms with Gasteiger partial charge in [0, 0.05) is 25.9 Å². The van der Waals surface area contributed by atoms with Gasteiger partial charge in [-0.3, -0.25) is 5.01 Å². The Bertz CT molecular complexity index is 843. The molecule has 0 fully saturated rings. The molecule has 0 radical (unpaired) electrons. The number of hydrazine groups is 1. The number of hydrogen-bond acceptors (Lipinski definition) is 6. The molecule has 0 aliphatic carbocycles. The largest absolute Gasteiger partial charge is 0.305 e. The third kappa shape index (κ3) is 5.48. The van der Waals surface area contributed by atoms with E-state index in [0.29, 0.717) is 4.77 Å². The van der Waals surface area contributed by atoms with E-state index in [2.05, 4.69) is 15.5 Å². The van der Waals surface area contributed by atoms with Gasteiger partial charge in [0.05, 0.1) is 5.69 Å². The van der Waals surface area contributed by atoms with Crippen molar-refractivity contribution >= 4 is 46.6 Å². The van der Waals surface area contributed by atoms with Crippen molar-refractivity contribution in [3.8, 4) is 11.3 Å². The Kier molecular flexibility index (Phi) is 7.30. The van der Waals surface area contributed by atoms with Crippen LogP contribution in [0.1, 0.15) is 5.69 Å². The van der Waals surface area contributed by atoms with Crippen LogP contribution < -0.4 is 5.43 Å². The van der Waals surface area contributed by atoms with Crippen molar-refractivity contribution in [1.82, 2.24) is 25.2 Å². The van der Waals surface area contributed by atoms with Gasteiger partial charge in [0.25, 0.3) is 0 Å². The number of thioether (sulfide) groups is 1. The third-order valence-electron chi connectivity index (χ3n) is 3.21. The fourth-order valence-corrected chi connectivity index (χ4v) is 2.46. The molecule has 0 saturated carbocycles. The van der Waals surface area contributed by atoms with Crippen molar-refractivity contribution in [3.05, 3.63) is 59.1 Å². The molecule has 2 rings (SSSR count). The summed E-state index contributed by atoms with van der Waals surface area (Å²) >= 11 is 11.9. The number of rotatable bonds is 5. The van der Waals surface area contributed by atoms with Crippen molar-refractivity contribution in [3.63, 3.8) is 0 Å². The van der Waals surface area contributed by atoms with Crippen molar-refractivity contribution in [2.75, 3.05) is 13.3 Å². The maximum absolute atomic E-state index is 5.23. The van der Waals surface area contributed by atoms with Crippen molar-refractivity contribution < 1.29 is 0 Å². The molecule has 5 nitrogen and oxygen atoms in total. The lowest BCUT2D eigenvalue weighted by Crippen LogP contribution is -2.32. The Hall–Kier alpha value is -2.03. The zero-order valence-electron chi connectivity index (χ0n) is 14.2. The first-order valence-corrected chi connectivity index (χ1v) is 9.49. The normalized spacial score (nSPS) is 11.2. The molecule has 130 valence electrons. The number of aryl methyl sites for hydroxylation is 1. The number of benzene rings is 1. The van der Waals surface area contributed by atoms with Gasteiger partial charge in [0.2, 0.25) is 4.77 Å². The van der Waals surface area contributed by atoms with Gasteiger partial charge in [0.1, 0.15) is 5.69 Å². The van der Waals surface area contributed by atoms with Crippen molar-refractivity contribution in [2.45, 2.75) is 0 Å². The monoisotopic (exact) mass is 389 g/mol. The molecule has 0 bridgehead atoms. The molecule has 0 amide bonds. The predicted molar refractivity (Wildman–Crippen MR) is 112 cm³/mol. The molecular weight excluding hydrogens is 370 g/mol. The van der Waals surface area contributed by atoms with E-state index in [1.54, 1.807) is 22.9 Å². The number of allylic oxidation sites excluding steroid dienone is 2. The Balaban J connectivity index is 2.20. The average Bonchev–Trinajstić information content (AvgIpc) is 2.63. The molecule has 1 aromatic heterocycles. The number of thiocarbonyl (C=S) groups is 1. The molecule has 0 unspecified atom stereocenters. The van der Waals surface area contributed by atoms with Crippen LogP contribution in [0.5, 0.6) is 0 Å². The predicted octanol–water partition coefficient (Wildman–Crippen LogP) is 3.82. The number of nitrogens with zero attached hydrogens (tertiary/aromatic N) is 4. The van der Waals surface area contributed by atoms with E-state index in [9.17, 15) is 0 Å². The lowest BCUT2D eigenvalue weighted by molar-refractivity contribution is 0.449. The summed E-state index contributed by atoms with van der Waals surface area (Å²) in [6.45, 7) is 0. The van der Waals surface area contributed by atoms with Gasteiger partial charge >= 0.3 is 0 Å². The van der Waals surface area contributed by atoms with Crippen molar-refractivity contribution in [2.24, 2.45) is 7.05 Å². The lowest BCUT2D eigenvalue weighted by Gasteiger charge is -2.17. The van der Waals surface area contributed by atoms with Crippen LogP contribution >= 0.6 is 36.2 Å². The van der Waals surface area contributed by atoms with Gasteiger partial charge in [0.15, 0.2) is 4.32 Å². The highest BCUT2D eigenvalue weighted by atomic mass is 32.2. The molecular formula is C17H19N5S3. The highest BCUT2D eigenvalue weighted by molar-refractivity contribution is 8.22. The third-order valence-corrected chi connectivity index (χ3v) is 4.96. The summed E-state index contributed by atoms with van der Waals surface area (Å²) in [7, 11) is 3.66. The van der Waals surface area contributed by atoms with E-state index in [1.165, 1.54) is 11.8 Å². The smallest absolute Gasteiger partial charge is 0.216 e. The van der Waals surface area contributed by atoms with E-state index in [-0.39, 0.29) is 0 Å². The Labute approximate surface area is 162 Å². The van der Waals surface area contributed by atoms with Crippen LogP contribution in [0, 0.1) is 4.77 Å². The van der Waals surface area contributed by atoms with Crippen LogP contribution in [0.25, 0.3) is 17.3 Å². The number of nitrogens with one attached hydrogen (secondary N) is 1. The first-order valence-electron chi connectivity index (χ1n) is 7.44. The standard InChI is InChI=1S/C17H19N5S3/c1-21-16(23)19-14(15(20-21)13-9-5-4-6-10-13)11-7-8-12-18-22(2)17(24)25-3/h4-12,18H,1-3H3/b11-7+,12-8+. The van der Waals surface area contributed by atoms with E-state index in [0.717, 1.165) is 21.3 Å². The van der Waals surface area contributed by atoms with Gasteiger partial charge in [-0.1, -0.05) is 60.4 Å². The highest BCUT2D eigenvalue weighted by Crippen LogP contribution is 2.20. The minimum absolute atomic E-state index is 0.437. The Morgan fingerprint density at radius 2 is 2.00 bits per heavy atom. The molecule has 25 heavy (non-hydrogen) atoms. The fourth-order valence-electron chi connectivity index (χ4n) is 1.94. The molecule has 0 spiro atoms. The van der Waals surface area contributed by atoms with Crippen LogP contribution in [0.2, 0.25) is 0 Å².